The van der Waals surface area contributed by atoms with Crippen LogP contribution in [-0.4, -0.2) is 37.9 Å². The summed E-state index contributed by atoms with van der Waals surface area (Å²) in [5.74, 6) is 0.189. The SMILES string of the molecule is Cc1ccc(S(=O)(=O)n2c(C(=O)c3cnn(-c4ccc5nc(C)[nH]c5c4)c3N)cc3ccc(C#N)cc32)cc1. The van der Waals surface area contributed by atoms with Crippen molar-refractivity contribution in [2.75, 3.05) is 5.73 Å². The maximum Gasteiger partial charge on any atom is 0.268 e. The van der Waals surface area contributed by atoms with Gasteiger partial charge in [-0.3, -0.25) is 4.79 Å². The molecule has 192 valence electrons. The van der Waals surface area contributed by atoms with Gasteiger partial charge in [-0.1, -0.05) is 23.8 Å². The number of anilines is 1. The summed E-state index contributed by atoms with van der Waals surface area (Å²) in [5, 5.41) is 14.2. The Hall–Kier alpha value is -5.21. The van der Waals surface area contributed by atoms with Gasteiger partial charge in [0.05, 0.1) is 50.5 Å². The summed E-state index contributed by atoms with van der Waals surface area (Å²) in [6.07, 6.45) is 1.32. The molecule has 11 heteroatoms. The molecule has 3 heterocycles. The van der Waals surface area contributed by atoms with Crippen molar-refractivity contribution in [1.82, 2.24) is 23.7 Å². The number of nitrogens with one attached hydrogen (secondary N) is 1. The first-order valence-electron chi connectivity index (χ1n) is 11.9. The number of rotatable bonds is 5. The first-order valence-corrected chi connectivity index (χ1v) is 13.3. The zero-order chi connectivity index (χ0) is 27.5. The molecule has 10 nitrogen and oxygen atoms in total. The second kappa shape index (κ2) is 8.68. The highest BCUT2D eigenvalue weighted by Crippen LogP contribution is 2.30. The van der Waals surface area contributed by atoms with Crippen molar-refractivity contribution < 1.29 is 13.2 Å². The summed E-state index contributed by atoms with van der Waals surface area (Å²) in [6.45, 7) is 3.70. The van der Waals surface area contributed by atoms with Crippen LogP contribution >= 0.6 is 0 Å². The van der Waals surface area contributed by atoms with Crippen LogP contribution in [0.25, 0.3) is 27.6 Å². The minimum absolute atomic E-state index is 0.00818. The molecule has 0 saturated heterocycles. The Morgan fingerprint density at radius 3 is 2.54 bits per heavy atom. The zero-order valence-electron chi connectivity index (χ0n) is 20.9. The standard InChI is InChI=1S/C28H21N7O3S/c1-16-3-8-21(9-4-16)39(37,38)35-25-11-18(14-29)5-6-19(25)12-26(35)27(36)22-15-31-34(28(22)30)20-7-10-23-24(13-20)33-17(2)32-23/h3-13,15H,30H2,1-2H3,(H,32,33). The molecule has 0 spiro atoms. The third-order valence-corrected chi connectivity index (χ3v) is 8.30. The Morgan fingerprint density at radius 2 is 1.79 bits per heavy atom. The first-order chi connectivity index (χ1) is 18.7. The smallest absolute Gasteiger partial charge is 0.268 e. The number of aryl methyl sites for hydroxylation is 2. The van der Waals surface area contributed by atoms with E-state index < -0.39 is 15.8 Å². The fourth-order valence-electron chi connectivity index (χ4n) is 4.61. The maximum absolute atomic E-state index is 13.9. The number of nitrogens with zero attached hydrogens (tertiary/aromatic N) is 5. The van der Waals surface area contributed by atoms with Crippen molar-refractivity contribution in [3.63, 3.8) is 0 Å². The Kier molecular flexibility index (Phi) is 5.37. The number of carbonyl (C=O) groups excluding carboxylic acids is 1. The van der Waals surface area contributed by atoms with E-state index in [9.17, 15) is 18.5 Å². The molecule has 6 rings (SSSR count). The summed E-state index contributed by atoms with van der Waals surface area (Å²) >= 11 is 0. The van der Waals surface area contributed by atoms with Crippen LogP contribution in [0.15, 0.2) is 77.8 Å². The average Bonchev–Trinajstić information content (AvgIpc) is 3.61. The van der Waals surface area contributed by atoms with Crippen LogP contribution in [0.1, 0.15) is 33.0 Å². The lowest BCUT2D eigenvalue weighted by Crippen LogP contribution is -2.19. The summed E-state index contributed by atoms with van der Waals surface area (Å²) in [5.41, 5.74) is 9.85. The summed E-state index contributed by atoms with van der Waals surface area (Å²) in [6, 6.07) is 19.9. The van der Waals surface area contributed by atoms with E-state index in [4.69, 9.17) is 5.73 Å². The van der Waals surface area contributed by atoms with Gasteiger partial charge in [0, 0.05) is 5.39 Å². The normalized spacial score (nSPS) is 11.7. The van der Waals surface area contributed by atoms with Crippen molar-refractivity contribution in [3.8, 4) is 11.8 Å². The molecule has 6 aromatic rings. The van der Waals surface area contributed by atoms with Crippen LogP contribution in [-0.2, 0) is 10.0 Å². The molecule has 39 heavy (non-hydrogen) atoms. The molecule has 0 aliphatic carbocycles. The van der Waals surface area contributed by atoms with E-state index in [1.807, 2.05) is 32.0 Å². The van der Waals surface area contributed by atoms with E-state index in [1.54, 1.807) is 30.3 Å². The van der Waals surface area contributed by atoms with E-state index in [0.717, 1.165) is 26.4 Å². The van der Waals surface area contributed by atoms with Crippen LogP contribution in [0.4, 0.5) is 5.82 Å². The number of nitriles is 1. The maximum atomic E-state index is 13.9. The predicted octanol–water partition coefficient (Wildman–Crippen LogP) is 4.24. The largest absolute Gasteiger partial charge is 0.383 e. The summed E-state index contributed by atoms with van der Waals surface area (Å²) < 4.78 is 30.2. The van der Waals surface area contributed by atoms with Gasteiger partial charge in [-0.25, -0.2) is 22.1 Å². The lowest BCUT2D eigenvalue weighted by atomic mass is 10.1. The molecule has 0 bridgehead atoms. The molecular formula is C28H21N7O3S. The van der Waals surface area contributed by atoms with Gasteiger partial charge in [0.15, 0.2) is 0 Å². The van der Waals surface area contributed by atoms with Gasteiger partial charge in [-0.05, 0) is 62.4 Å². The van der Waals surface area contributed by atoms with Crippen molar-refractivity contribution in [2.24, 2.45) is 0 Å². The van der Waals surface area contributed by atoms with Gasteiger partial charge in [0.1, 0.15) is 17.3 Å². The van der Waals surface area contributed by atoms with E-state index >= 15 is 0 Å². The number of hydrogen-bond donors (Lipinski definition) is 2. The van der Waals surface area contributed by atoms with Crippen LogP contribution < -0.4 is 5.73 Å². The molecule has 0 unspecified atom stereocenters. The molecule has 0 aliphatic heterocycles. The number of carbonyl (C=O) groups is 1. The average molecular weight is 536 g/mol. The second-order valence-corrected chi connectivity index (χ2v) is 11.0. The second-order valence-electron chi connectivity index (χ2n) is 9.21. The zero-order valence-corrected chi connectivity index (χ0v) is 21.7. The number of fused-ring (bicyclic) bond motifs is 2. The number of nitrogen functional groups attached to an aromatic ring is 1. The molecule has 0 radical (unpaired) electrons. The fourth-order valence-corrected chi connectivity index (χ4v) is 6.12. The minimum atomic E-state index is -4.22. The summed E-state index contributed by atoms with van der Waals surface area (Å²) in [7, 11) is -4.22. The molecule has 0 aliphatic rings. The number of aromatic amines is 1. The number of benzene rings is 3. The monoisotopic (exact) mass is 535 g/mol. The highest BCUT2D eigenvalue weighted by atomic mass is 32.2. The first kappa shape index (κ1) is 24.1. The van der Waals surface area contributed by atoms with E-state index in [0.29, 0.717) is 11.1 Å². The number of hydrogen-bond acceptors (Lipinski definition) is 7. The van der Waals surface area contributed by atoms with Gasteiger partial charge >= 0.3 is 0 Å². The molecule has 0 atom stereocenters. The van der Waals surface area contributed by atoms with Crippen molar-refractivity contribution in [2.45, 2.75) is 18.7 Å². The molecule has 3 aromatic heterocycles. The van der Waals surface area contributed by atoms with Crippen LogP contribution in [0.2, 0.25) is 0 Å². The number of ketones is 1. The van der Waals surface area contributed by atoms with Gasteiger partial charge in [0.2, 0.25) is 5.78 Å². The molecule has 0 amide bonds. The molecule has 0 fully saturated rings. The van der Waals surface area contributed by atoms with Crippen LogP contribution in [0.3, 0.4) is 0 Å². The highest BCUT2D eigenvalue weighted by molar-refractivity contribution is 7.90. The Balaban J connectivity index is 1.52. The van der Waals surface area contributed by atoms with E-state index in [-0.39, 0.29) is 33.1 Å². The quantitative estimate of drug-likeness (QED) is 0.313. The lowest BCUT2D eigenvalue weighted by molar-refractivity contribution is 0.103. The number of aromatic nitrogens is 5. The van der Waals surface area contributed by atoms with Crippen molar-refractivity contribution in [3.05, 3.63) is 101 Å². The van der Waals surface area contributed by atoms with E-state index in [2.05, 4.69) is 15.1 Å². The molecule has 0 saturated carbocycles. The fraction of sp³-hybridized carbons (Fsp3) is 0.0714. The van der Waals surface area contributed by atoms with Crippen molar-refractivity contribution in [1.29, 1.82) is 5.26 Å². The Morgan fingerprint density at radius 1 is 1.03 bits per heavy atom. The molecular weight excluding hydrogens is 514 g/mol. The topological polar surface area (TPSA) is 152 Å². The predicted molar refractivity (Wildman–Crippen MR) is 146 cm³/mol. The number of imidazole rings is 1. The highest BCUT2D eigenvalue weighted by Gasteiger charge is 2.29. The van der Waals surface area contributed by atoms with Gasteiger partial charge in [0.25, 0.3) is 10.0 Å². The number of nitrogens with two attached hydrogens (primary N) is 1. The molecule has 3 aromatic carbocycles. The van der Waals surface area contributed by atoms with Crippen LogP contribution in [0, 0.1) is 25.2 Å². The third-order valence-electron chi connectivity index (χ3n) is 6.56. The van der Waals surface area contributed by atoms with Gasteiger partial charge in [-0.15, -0.1) is 0 Å². The van der Waals surface area contributed by atoms with Gasteiger partial charge in [-0.2, -0.15) is 10.4 Å². The lowest BCUT2D eigenvalue weighted by Gasteiger charge is -2.12. The third kappa shape index (κ3) is 3.86. The Labute approximate surface area is 223 Å². The minimum Gasteiger partial charge on any atom is -0.383 e. The van der Waals surface area contributed by atoms with Crippen molar-refractivity contribution >= 4 is 43.6 Å². The number of H-pyrrole nitrogens is 1. The van der Waals surface area contributed by atoms with Gasteiger partial charge < -0.3 is 10.7 Å². The van der Waals surface area contributed by atoms with E-state index in [1.165, 1.54) is 35.1 Å². The summed E-state index contributed by atoms with van der Waals surface area (Å²) in [4.78, 5) is 21.5. The Bertz CT molecular complexity index is 2090. The van der Waals surface area contributed by atoms with Crippen LogP contribution in [0.5, 0.6) is 0 Å². The molecule has 3 N–H and O–H groups in total.